The summed E-state index contributed by atoms with van der Waals surface area (Å²) in [6, 6.07) is 6.93. The molecule has 1 unspecified atom stereocenters. The van der Waals surface area contributed by atoms with Gasteiger partial charge in [-0.1, -0.05) is 36.6 Å². The summed E-state index contributed by atoms with van der Waals surface area (Å²) in [5.74, 6) is 1.03. The molecule has 0 aliphatic heterocycles. The van der Waals surface area contributed by atoms with E-state index in [2.05, 4.69) is 37.4 Å². The highest BCUT2D eigenvalue weighted by atomic mass is 14.9. The fraction of sp³-hybridized carbons (Fsp3) is 0.625. The smallest absolute Gasteiger partial charge is 0.0447 e. The van der Waals surface area contributed by atoms with Crippen molar-refractivity contribution in [3.05, 3.63) is 34.9 Å². The fourth-order valence-electron chi connectivity index (χ4n) is 2.53. The van der Waals surface area contributed by atoms with Crippen LogP contribution in [0.5, 0.6) is 0 Å². The molecule has 0 heterocycles. The van der Waals surface area contributed by atoms with Gasteiger partial charge in [-0.05, 0) is 50.3 Å². The lowest BCUT2D eigenvalue weighted by Gasteiger charge is -2.20. The molecule has 3 N–H and O–H groups in total. The molecule has 1 aliphatic rings. The van der Waals surface area contributed by atoms with Crippen molar-refractivity contribution in [3.8, 4) is 0 Å². The lowest BCUT2D eigenvalue weighted by atomic mass is 9.99. The van der Waals surface area contributed by atoms with Gasteiger partial charge in [0.1, 0.15) is 0 Å². The minimum atomic E-state index is 0.309. The number of benzene rings is 1. The Balaban J connectivity index is 1.87. The van der Waals surface area contributed by atoms with Gasteiger partial charge in [-0.3, -0.25) is 0 Å². The Bertz CT molecular complexity index is 383. The number of nitrogens with one attached hydrogen (secondary N) is 1. The summed E-state index contributed by atoms with van der Waals surface area (Å²) in [6.07, 6.45) is 5.58. The minimum absolute atomic E-state index is 0.309. The van der Waals surface area contributed by atoms with Crippen LogP contribution in [-0.4, -0.2) is 13.1 Å². The Labute approximate surface area is 111 Å². The Morgan fingerprint density at radius 2 is 2.11 bits per heavy atom. The number of rotatable bonds is 7. The Morgan fingerprint density at radius 1 is 1.33 bits per heavy atom. The molecule has 2 nitrogen and oxygen atoms in total. The molecule has 2 heteroatoms. The zero-order valence-corrected chi connectivity index (χ0v) is 11.7. The average Bonchev–Trinajstić information content (AvgIpc) is 3.17. The van der Waals surface area contributed by atoms with Gasteiger partial charge < -0.3 is 11.1 Å². The summed E-state index contributed by atoms with van der Waals surface area (Å²) >= 11 is 0. The molecule has 2 rings (SSSR count). The van der Waals surface area contributed by atoms with Crippen molar-refractivity contribution < 1.29 is 0 Å². The molecule has 0 bridgehead atoms. The van der Waals surface area contributed by atoms with E-state index in [0.29, 0.717) is 12.6 Å². The largest absolute Gasteiger partial charge is 0.329 e. The first-order chi connectivity index (χ1) is 8.70. The molecule has 0 amide bonds. The van der Waals surface area contributed by atoms with Gasteiger partial charge in [0.05, 0.1) is 0 Å². The summed E-state index contributed by atoms with van der Waals surface area (Å²) in [4.78, 5) is 0. The van der Waals surface area contributed by atoms with E-state index in [1.165, 1.54) is 42.4 Å². The minimum Gasteiger partial charge on any atom is -0.329 e. The van der Waals surface area contributed by atoms with Crippen molar-refractivity contribution in [2.45, 2.75) is 45.6 Å². The van der Waals surface area contributed by atoms with Crippen molar-refractivity contribution in [1.29, 1.82) is 0 Å². The number of nitrogens with two attached hydrogens (primary N) is 1. The zero-order valence-electron chi connectivity index (χ0n) is 11.7. The lowest BCUT2D eigenvalue weighted by molar-refractivity contribution is 0.510. The monoisotopic (exact) mass is 246 g/mol. The van der Waals surface area contributed by atoms with E-state index in [1.54, 1.807) is 0 Å². The van der Waals surface area contributed by atoms with E-state index in [1.807, 2.05) is 0 Å². The number of aryl methyl sites for hydroxylation is 2. The van der Waals surface area contributed by atoms with Crippen molar-refractivity contribution in [1.82, 2.24) is 5.32 Å². The van der Waals surface area contributed by atoms with Crippen LogP contribution in [0.1, 0.15) is 48.4 Å². The van der Waals surface area contributed by atoms with Crippen LogP contribution in [0.15, 0.2) is 18.2 Å². The van der Waals surface area contributed by atoms with Crippen molar-refractivity contribution in [2.75, 3.05) is 13.1 Å². The van der Waals surface area contributed by atoms with E-state index >= 15 is 0 Å². The third-order valence-corrected chi connectivity index (χ3v) is 3.92. The maximum atomic E-state index is 5.92. The predicted octanol–water partition coefficient (Wildman–Crippen LogP) is 3.08. The Morgan fingerprint density at radius 3 is 2.78 bits per heavy atom. The molecular weight excluding hydrogens is 220 g/mol. The first kappa shape index (κ1) is 13.6. The van der Waals surface area contributed by atoms with Crippen LogP contribution in [0.2, 0.25) is 0 Å². The molecule has 100 valence electrons. The van der Waals surface area contributed by atoms with Gasteiger partial charge in [-0.2, -0.15) is 0 Å². The molecule has 1 fully saturated rings. The molecule has 1 aromatic rings. The lowest BCUT2D eigenvalue weighted by Crippen LogP contribution is -2.29. The third-order valence-electron chi connectivity index (χ3n) is 3.92. The van der Waals surface area contributed by atoms with Crippen molar-refractivity contribution in [3.63, 3.8) is 0 Å². The summed E-state index contributed by atoms with van der Waals surface area (Å²) < 4.78 is 0. The normalized spacial score (nSPS) is 16.8. The van der Waals surface area contributed by atoms with E-state index in [-0.39, 0.29) is 0 Å². The number of hydrogen-bond acceptors (Lipinski definition) is 2. The van der Waals surface area contributed by atoms with Gasteiger partial charge in [0.15, 0.2) is 0 Å². The summed E-state index contributed by atoms with van der Waals surface area (Å²) in [6.45, 7) is 6.08. The molecule has 1 saturated carbocycles. The molecule has 1 aromatic carbocycles. The van der Waals surface area contributed by atoms with E-state index in [0.717, 1.165) is 12.5 Å². The van der Waals surface area contributed by atoms with Gasteiger partial charge in [-0.25, -0.2) is 0 Å². The highest BCUT2D eigenvalue weighted by Crippen LogP contribution is 2.33. The van der Waals surface area contributed by atoms with E-state index < -0.39 is 0 Å². The van der Waals surface area contributed by atoms with Crippen LogP contribution in [-0.2, 0) is 0 Å². The summed E-state index contributed by atoms with van der Waals surface area (Å²) in [5.41, 5.74) is 9.93. The second-order valence-corrected chi connectivity index (χ2v) is 5.69. The maximum Gasteiger partial charge on any atom is 0.0447 e. The van der Waals surface area contributed by atoms with Crippen LogP contribution in [0.4, 0.5) is 0 Å². The van der Waals surface area contributed by atoms with Crippen LogP contribution in [0, 0.1) is 19.8 Å². The third kappa shape index (κ3) is 3.82. The first-order valence-corrected chi connectivity index (χ1v) is 7.21. The highest BCUT2D eigenvalue weighted by Gasteiger charge is 2.20. The fourth-order valence-corrected chi connectivity index (χ4v) is 2.53. The van der Waals surface area contributed by atoms with Crippen molar-refractivity contribution in [2.24, 2.45) is 11.7 Å². The first-order valence-electron chi connectivity index (χ1n) is 7.21. The zero-order chi connectivity index (χ0) is 13.0. The molecule has 0 spiro atoms. The van der Waals surface area contributed by atoms with E-state index in [4.69, 9.17) is 5.73 Å². The van der Waals surface area contributed by atoms with Gasteiger partial charge in [-0.15, -0.1) is 0 Å². The van der Waals surface area contributed by atoms with Crippen LogP contribution < -0.4 is 11.1 Å². The second-order valence-electron chi connectivity index (χ2n) is 5.69. The van der Waals surface area contributed by atoms with Gasteiger partial charge >= 0.3 is 0 Å². The summed E-state index contributed by atoms with van der Waals surface area (Å²) in [5, 5.41) is 3.61. The molecule has 0 saturated heterocycles. The van der Waals surface area contributed by atoms with Gasteiger partial charge in [0, 0.05) is 12.6 Å². The van der Waals surface area contributed by atoms with Crippen LogP contribution in [0.3, 0.4) is 0 Å². The molecular formula is C16H26N2. The van der Waals surface area contributed by atoms with Crippen LogP contribution in [0.25, 0.3) is 0 Å². The molecule has 0 radical (unpaired) electrons. The van der Waals surface area contributed by atoms with E-state index in [9.17, 15) is 0 Å². The standard InChI is InChI=1S/C16H26N2/c1-12-5-6-13(2)15(10-12)16(11-17)18-9-3-4-14-7-8-14/h5-6,10,14,16,18H,3-4,7-9,11,17H2,1-2H3. The Hall–Kier alpha value is -0.860. The topological polar surface area (TPSA) is 38.0 Å². The van der Waals surface area contributed by atoms with Gasteiger partial charge in [0.2, 0.25) is 0 Å². The highest BCUT2D eigenvalue weighted by molar-refractivity contribution is 5.33. The number of hydrogen-bond donors (Lipinski definition) is 2. The molecule has 1 aliphatic carbocycles. The average molecular weight is 246 g/mol. The second kappa shape index (κ2) is 6.35. The predicted molar refractivity (Wildman–Crippen MR) is 77.7 cm³/mol. The molecule has 0 aromatic heterocycles. The molecule has 1 atom stereocenters. The SMILES string of the molecule is Cc1ccc(C)c(C(CN)NCCCC2CC2)c1. The summed E-state index contributed by atoms with van der Waals surface area (Å²) in [7, 11) is 0. The van der Waals surface area contributed by atoms with Gasteiger partial charge in [0.25, 0.3) is 0 Å². The Kier molecular flexibility index (Phi) is 4.79. The molecule has 18 heavy (non-hydrogen) atoms. The quantitative estimate of drug-likeness (QED) is 0.726. The van der Waals surface area contributed by atoms with Crippen molar-refractivity contribution >= 4 is 0 Å². The maximum absolute atomic E-state index is 5.92. The van der Waals surface area contributed by atoms with Crippen LogP contribution >= 0.6 is 0 Å².